The van der Waals surface area contributed by atoms with Crippen LogP contribution in [0.1, 0.15) is 11.1 Å². The van der Waals surface area contributed by atoms with Gasteiger partial charge < -0.3 is 9.50 Å². The summed E-state index contributed by atoms with van der Waals surface area (Å²) in [6, 6.07) is 16.4. The highest BCUT2D eigenvalue weighted by atomic mass is 32.2. The Morgan fingerprint density at radius 1 is 1.12 bits per heavy atom. The van der Waals surface area contributed by atoms with E-state index in [1.807, 2.05) is 36.4 Å². The Kier molecular flexibility index (Phi) is 4.38. The first-order valence-electron chi connectivity index (χ1n) is 7.23. The molecule has 7 heteroatoms. The fourth-order valence-corrected chi connectivity index (χ4v) is 3.42. The van der Waals surface area contributed by atoms with Crippen molar-refractivity contribution in [3.63, 3.8) is 0 Å². The normalized spacial score (nSPS) is 21.5. The van der Waals surface area contributed by atoms with Crippen LogP contribution >= 0.6 is 12.2 Å². The number of nitrogens with zero attached hydrogens (tertiary/aromatic N) is 1. The molecule has 1 aliphatic heterocycles. The minimum absolute atomic E-state index is 0.173. The van der Waals surface area contributed by atoms with E-state index in [4.69, 9.17) is 16.4 Å². The first-order valence-corrected chi connectivity index (χ1v) is 9.12. The lowest BCUT2D eigenvalue weighted by Crippen LogP contribution is -2.44. The number of amides is 1. The number of rotatable bonds is 4. The van der Waals surface area contributed by atoms with Crippen molar-refractivity contribution in [2.45, 2.75) is 5.54 Å². The topological polar surface area (TPSA) is 58.6 Å². The molecule has 3 rings (SSSR count). The summed E-state index contributed by atoms with van der Waals surface area (Å²) < 4.78 is 16.6. The van der Waals surface area contributed by atoms with Crippen LogP contribution in [-0.2, 0) is 21.4 Å². The Hall–Kier alpha value is -2.25. The van der Waals surface area contributed by atoms with Crippen LogP contribution in [0.3, 0.4) is 0 Å². The van der Waals surface area contributed by atoms with Gasteiger partial charge in [-0.3, -0.25) is 9.69 Å². The van der Waals surface area contributed by atoms with Gasteiger partial charge in [-0.2, -0.15) is 0 Å². The molecule has 1 aliphatic rings. The van der Waals surface area contributed by atoms with Crippen molar-refractivity contribution in [1.29, 1.82) is 0 Å². The number of hydrogen-bond acceptors (Lipinski definition) is 4. The standard InChI is InChI=1S/C17H16N2O3S2/c1-19-15(20)17(18-16(19)23,12-7-4-3-5-8-12)13-9-6-10-14(11-13)22-24(2)21/h3-11H,1-2H3,(H,18,23). The van der Waals surface area contributed by atoms with Crippen molar-refractivity contribution >= 4 is 34.3 Å². The van der Waals surface area contributed by atoms with Crippen LogP contribution < -0.4 is 9.50 Å². The molecule has 0 bridgehead atoms. The summed E-state index contributed by atoms with van der Waals surface area (Å²) in [6.07, 6.45) is 1.45. The molecule has 0 spiro atoms. The first-order chi connectivity index (χ1) is 11.4. The van der Waals surface area contributed by atoms with E-state index in [0.29, 0.717) is 16.4 Å². The van der Waals surface area contributed by atoms with E-state index >= 15 is 0 Å². The third-order valence-electron chi connectivity index (χ3n) is 3.91. The highest BCUT2D eigenvalue weighted by Crippen LogP contribution is 2.36. The minimum Gasteiger partial charge on any atom is -0.401 e. The number of likely N-dealkylation sites (N-methyl/N-ethyl adjacent to an activating group) is 1. The fraction of sp³-hybridized carbons (Fsp3) is 0.176. The molecule has 24 heavy (non-hydrogen) atoms. The maximum atomic E-state index is 13.0. The molecule has 0 saturated carbocycles. The molecule has 124 valence electrons. The summed E-state index contributed by atoms with van der Waals surface area (Å²) in [5.41, 5.74) is 0.326. The molecule has 1 N–H and O–H groups in total. The summed E-state index contributed by atoms with van der Waals surface area (Å²) in [5, 5.41) is 3.51. The summed E-state index contributed by atoms with van der Waals surface area (Å²) in [5.74, 6) is 0.257. The van der Waals surface area contributed by atoms with Gasteiger partial charge in [0.25, 0.3) is 5.91 Å². The second-order valence-corrected chi connectivity index (χ2v) is 6.78. The Morgan fingerprint density at radius 2 is 1.79 bits per heavy atom. The lowest BCUT2D eigenvalue weighted by atomic mass is 9.82. The van der Waals surface area contributed by atoms with Gasteiger partial charge in [0.2, 0.25) is 11.1 Å². The van der Waals surface area contributed by atoms with Crippen molar-refractivity contribution in [2.75, 3.05) is 13.3 Å². The fourth-order valence-electron chi connectivity index (χ4n) is 2.80. The smallest absolute Gasteiger partial charge is 0.263 e. The van der Waals surface area contributed by atoms with Crippen molar-refractivity contribution in [2.24, 2.45) is 0 Å². The molecule has 1 saturated heterocycles. The summed E-state index contributed by atoms with van der Waals surface area (Å²) in [7, 11) is 1.64. The zero-order chi connectivity index (χ0) is 17.3. The zero-order valence-electron chi connectivity index (χ0n) is 13.2. The van der Waals surface area contributed by atoms with Gasteiger partial charge in [-0.25, -0.2) is 4.21 Å². The third kappa shape index (κ3) is 2.70. The molecule has 1 fully saturated rings. The molecular weight excluding hydrogens is 344 g/mol. The maximum absolute atomic E-state index is 13.0. The van der Waals surface area contributed by atoms with Gasteiger partial charge in [-0.15, -0.1) is 0 Å². The van der Waals surface area contributed by atoms with E-state index in [2.05, 4.69) is 5.32 Å². The van der Waals surface area contributed by atoms with Crippen molar-refractivity contribution in [3.05, 3.63) is 65.7 Å². The third-order valence-corrected chi connectivity index (χ3v) is 4.72. The average Bonchev–Trinajstić information content (AvgIpc) is 2.80. The van der Waals surface area contributed by atoms with Crippen molar-refractivity contribution in [1.82, 2.24) is 10.2 Å². The van der Waals surface area contributed by atoms with Gasteiger partial charge >= 0.3 is 0 Å². The van der Waals surface area contributed by atoms with Crippen molar-refractivity contribution in [3.8, 4) is 5.75 Å². The van der Waals surface area contributed by atoms with Gasteiger partial charge in [0, 0.05) is 13.3 Å². The number of carbonyl (C=O) groups excluding carboxylic acids is 1. The number of benzene rings is 2. The van der Waals surface area contributed by atoms with Crippen molar-refractivity contribution < 1.29 is 13.2 Å². The molecule has 1 heterocycles. The van der Waals surface area contributed by atoms with Gasteiger partial charge in [-0.05, 0) is 35.5 Å². The predicted molar refractivity (Wildman–Crippen MR) is 96.9 cm³/mol. The molecule has 0 aliphatic carbocycles. The maximum Gasteiger partial charge on any atom is 0.263 e. The lowest BCUT2D eigenvalue weighted by Gasteiger charge is -2.28. The van der Waals surface area contributed by atoms with Crippen LogP contribution in [0.4, 0.5) is 0 Å². The lowest BCUT2D eigenvalue weighted by molar-refractivity contribution is -0.129. The molecule has 2 unspecified atom stereocenters. The Labute approximate surface area is 148 Å². The summed E-state index contributed by atoms with van der Waals surface area (Å²) in [6.45, 7) is 0. The molecule has 1 amide bonds. The number of thiocarbonyl (C=S) groups is 1. The number of hydrogen-bond donors (Lipinski definition) is 1. The SMILES string of the molecule is CN1C(=O)C(c2ccccc2)(c2cccc(OS(C)=O)c2)NC1=S. The monoisotopic (exact) mass is 360 g/mol. The average molecular weight is 360 g/mol. The van der Waals surface area contributed by atoms with Crippen LogP contribution in [0.25, 0.3) is 0 Å². The highest BCUT2D eigenvalue weighted by Gasteiger charge is 2.50. The molecule has 0 aromatic heterocycles. The van der Waals surface area contributed by atoms with E-state index in [0.717, 1.165) is 5.56 Å². The minimum atomic E-state index is -1.45. The first kappa shape index (κ1) is 16.6. The zero-order valence-corrected chi connectivity index (χ0v) is 14.8. The largest absolute Gasteiger partial charge is 0.401 e. The molecule has 2 aromatic rings. The van der Waals surface area contributed by atoms with Gasteiger partial charge in [-0.1, -0.05) is 42.5 Å². The summed E-state index contributed by atoms with van der Waals surface area (Å²) in [4.78, 5) is 14.5. The van der Waals surface area contributed by atoms with Crippen LogP contribution in [0.5, 0.6) is 5.75 Å². The highest BCUT2D eigenvalue weighted by molar-refractivity contribution is 7.80. The van der Waals surface area contributed by atoms with E-state index in [1.54, 1.807) is 25.2 Å². The van der Waals surface area contributed by atoms with Crippen LogP contribution in [0.15, 0.2) is 54.6 Å². The molecular formula is C17H16N2O3S2. The number of nitrogens with one attached hydrogen (secondary N) is 1. The van der Waals surface area contributed by atoms with E-state index in [-0.39, 0.29) is 5.91 Å². The van der Waals surface area contributed by atoms with E-state index < -0.39 is 16.6 Å². The second kappa shape index (κ2) is 6.33. The molecule has 2 atom stereocenters. The molecule has 0 radical (unpaired) electrons. The number of carbonyl (C=O) groups is 1. The molecule has 2 aromatic carbocycles. The Balaban J connectivity index is 2.19. The van der Waals surface area contributed by atoms with Gasteiger partial charge in [0.15, 0.2) is 10.7 Å². The second-order valence-electron chi connectivity index (χ2n) is 5.42. The molecule has 5 nitrogen and oxygen atoms in total. The van der Waals surface area contributed by atoms with Crippen LogP contribution in [0, 0.1) is 0 Å². The van der Waals surface area contributed by atoms with Crippen LogP contribution in [-0.4, -0.2) is 33.4 Å². The van der Waals surface area contributed by atoms with E-state index in [1.165, 1.54) is 11.2 Å². The Bertz CT molecular complexity index is 826. The van der Waals surface area contributed by atoms with E-state index in [9.17, 15) is 9.00 Å². The Morgan fingerprint density at radius 3 is 2.38 bits per heavy atom. The quantitative estimate of drug-likeness (QED) is 0.845. The summed E-state index contributed by atoms with van der Waals surface area (Å²) >= 11 is 3.84. The van der Waals surface area contributed by atoms with Crippen LogP contribution in [0.2, 0.25) is 0 Å². The van der Waals surface area contributed by atoms with Gasteiger partial charge in [0.1, 0.15) is 5.75 Å². The predicted octanol–water partition coefficient (Wildman–Crippen LogP) is 1.95. The van der Waals surface area contributed by atoms with Gasteiger partial charge in [0.05, 0.1) is 0 Å².